The summed E-state index contributed by atoms with van der Waals surface area (Å²) in [5.41, 5.74) is 3.07. The molecule has 0 saturated carbocycles. The zero-order chi connectivity index (χ0) is 18.7. The van der Waals surface area contributed by atoms with Crippen molar-refractivity contribution in [2.24, 2.45) is 0 Å². The van der Waals surface area contributed by atoms with E-state index in [1.807, 2.05) is 42.5 Å². The Morgan fingerprint density at radius 1 is 0.962 bits per heavy atom. The monoisotopic (exact) mass is 350 g/mol. The lowest BCUT2D eigenvalue weighted by Gasteiger charge is -2.20. The van der Waals surface area contributed by atoms with Gasteiger partial charge in [-0.2, -0.15) is 0 Å². The number of aliphatic hydroxyl groups excluding tert-OH is 1. The molecule has 2 aromatic rings. The number of nitrogens with zero attached hydrogens (tertiary/aromatic N) is 2. The normalized spacial score (nSPS) is 14.3. The minimum atomic E-state index is -0.367. The predicted octanol–water partition coefficient (Wildman–Crippen LogP) is 2.46. The summed E-state index contributed by atoms with van der Waals surface area (Å²) in [5.74, 6) is -0.709. The van der Waals surface area contributed by atoms with Crippen LogP contribution >= 0.6 is 0 Å². The first-order valence-electron chi connectivity index (χ1n) is 8.68. The van der Waals surface area contributed by atoms with E-state index in [-0.39, 0.29) is 25.0 Å². The van der Waals surface area contributed by atoms with Crippen molar-refractivity contribution in [2.75, 3.05) is 25.1 Å². The summed E-state index contributed by atoms with van der Waals surface area (Å²) in [7, 11) is 1.71. The molecule has 2 amide bonds. The van der Waals surface area contributed by atoms with Gasteiger partial charge >= 0.3 is 0 Å². The van der Waals surface area contributed by atoms with Crippen LogP contribution in [0.25, 0.3) is 5.57 Å². The summed E-state index contributed by atoms with van der Waals surface area (Å²) in [5, 5.41) is 9.27. The summed E-state index contributed by atoms with van der Waals surface area (Å²) in [6.45, 7) is 2.22. The number of aliphatic hydroxyl groups is 1. The van der Waals surface area contributed by atoms with Gasteiger partial charge in [-0.3, -0.25) is 9.59 Å². The molecule has 134 valence electrons. The maximum atomic E-state index is 13.1. The fourth-order valence-electron chi connectivity index (χ4n) is 3.11. The highest BCUT2D eigenvalue weighted by Gasteiger charge is 2.41. The molecule has 1 aliphatic rings. The van der Waals surface area contributed by atoms with Crippen molar-refractivity contribution in [3.8, 4) is 0 Å². The first kappa shape index (κ1) is 17.9. The van der Waals surface area contributed by atoms with Crippen molar-refractivity contribution in [2.45, 2.75) is 13.3 Å². The van der Waals surface area contributed by atoms with Gasteiger partial charge in [0.1, 0.15) is 5.70 Å². The molecular weight excluding hydrogens is 328 g/mol. The number of carbonyl (C=O) groups is 2. The Morgan fingerprint density at radius 2 is 1.62 bits per heavy atom. The van der Waals surface area contributed by atoms with E-state index in [0.29, 0.717) is 22.5 Å². The Labute approximate surface area is 153 Å². The number of hydrogen-bond acceptors (Lipinski definition) is 4. The lowest BCUT2D eigenvalue weighted by molar-refractivity contribution is -0.120. The molecule has 0 unspecified atom stereocenters. The summed E-state index contributed by atoms with van der Waals surface area (Å²) in [6.07, 6.45) is 0.889. The van der Waals surface area contributed by atoms with Gasteiger partial charge in [0.15, 0.2) is 0 Å². The lowest BCUT2D eigenvalue weighted by Crippen LogP contribution is -2.34. The lowest BCUT2D eigenvalue weighted by atomic mass is 10.0. The number of anilines is 1. The van der Waals surface area contributed by atoms with E-state index in [0.717, 1.165) is 12.0 Å². The molecule has 1 aliphatic heterocycles. The van der Waals surface area contributed by atoms with E-state index in [1.165, 1.54) is 4.90 Å². The molecule has 1 N–H and O–H groups in total. The first-order chi connectivity index (χ1) is 12.6. The molecule has 0 saturated heterocycles. The number of aryl methyl sites for hydroxylation is 1. The number of likely N-dealkylation sites (N-methyl/N-ethyl adjacent to an activating group) is 1. The molecule has 0 fully saturated rings. The maximum Gasteiger partial charge on any atom is 0.282 e. The molecule has 1 heterocycles. The zero-order valence-corrected chi connectivity index (χ0v) is 15.0. The molecule has 5 heteroatoms. The Bertz CT molecular complexity index is 841. The maximum absolute atomic E-state index is 13.1. The molecular formula is C21H22N2O3. The van der Waals surface area contributed by atoms with Gasteiger partial charge in [0.25, 0.3) is 11.8 Å². The summed E-state index contributed by atoms with van der Waals surface area (Å²) in [4.78, 5) is 29.1. The number of benzene rings is 2. The highest BCUT2D eigenvalue weighted by atomic mass is 16.3. The molecule has 2 aromatic carbocycles. The standard InChI is InChI=1S/C21H22N2O3/c1-3-15-9-11-17(12-10-15)23-20(25)18(16-7-5-4-6-8-16)19(21(23)26)22(2)13-14-24/h4-12,24H,3,13-14H2,1-2H3. The molecule has 0 radical (unpaired) electrons. The van der Waals surface area contributed by atoms with Crippen LogP contribution in [0, 0.1) is 0 Å². The van der Waals surface area contributed by atoms with Gasteiger partial charge in [-0.1, -0.05) is 49.4 Å². The van der Waals surface area contributed by atoms with Gasteiger partial charge in [0, 0.05) is 13.6 Å². The first-order valence-corrected chi connectivity index (χ1v) is 8.68. The third-order valence-corrected chi connectivity index (χ3v) is 4.54. The second-order valence-corrected chi connectivity index (χ2v) is 6.20. The Balaban J connectivity index is 2.07. The van der Waals surface area contributed by atoms with Crippen LogP contribution in [0.3, 0.4) is 0 Å². The number of carbonyl (C=O) groups excluding carboxylic acids is 2. The summed E-state index contributed by atoms with van der Waals surface area (Å²) >= 11 is 0. The molecule has 0 bridgehead atoms. The van der Waals surface area contributed by atoms with Crippen molar-refractivity contribution in [1.82, 2.24) is 4.90 Å². The molecule has 5 nitrogen and oxygen atoms in total. The fourth-order valence-corrected chi connectivity index (χ4v) is 3.11. The molecule has 26 heavy (non-hydrogen) atoms. The number of imide groups is 1. The van der Waals surface area contributed by atoms with Crippen molar-refractivity contribution in [1.29, 1.82) is 0 Å². The van der Waals surface area contributed by atoms with Gasteiger partial charge < -0.3 is 10.0 Å². The molecule has 3 rings (SSSR count). The minimum absolute atomic E-state index is 0.102. The van der Waals surface area contributed by atoms with E-state index < -0.39 is 0 Å². The van der Waals surface area contributed by atoms with Gasteiger partial charge in [-0.15, -0.1) is 0 Å². The van der Waals surface area contributed by atoms with Crippen LogP contribution in [0.15, 0.2) is 60.3 Å². The van der Waals surface area contributed by atoms with Crippen LogP contribution in [0.1, 0.15) is 18.1 Å². The average molecular weight is 350 g/mol. The van der Waals surface area contributed by atoms with Crippen LogP contribution in [0.2, 0.25) is 0 Å². The summed E-state index contributed by atoms with van der Waals surface area (Å²) < 4.78 is 0. The van der Waals surface area contributed by atoms with Gasteiger partial charge in [0.05, 0.1) is 17.9 Å². The van der Waals surface area contributed by atoms with Crippen molar-refractivity contribution in [3.05, 3.63) is 71.4 Å². The van der Waals surface area contributed by atoms with E-state index in [9.17, 15) is 14.7 Å². The van der Waals surface area contributed by atoms with Crippen molar-refractivity contribution >= 4 is 23.1 Å². The molecule has 0 spiro atoms. The van der Waals surface area contributed by atoms with Gasteiger partial charge in [0.2, 0.25) is 0 Å². The highest BCUT2D eigenvalue weighted by molar-refractivity contribution is 6.45. The Kier molecular flexibility index (Phi) is 5.19. The molecule has 0 atom stereocenters. The zero-order valence-electron chi connectivity index (χ0n) is 15.0. The van der Waals surface area contributed by atoms with E-state index in [2.05, 4.69) is 6.92 Å². The van der Waals surface area contributed by atoms with E-state index in [4.69, 9.17) is 0 Å². The Hall–Kier alpha value is -2.92. The second kappa shape index (κ2) is 7.54. The van der Waals surface area contributed by atoms with Crippen LogP contribution in [0.5, 0.6) is 0 Å². The van der Waals surface area contributed by atoms with Crippen molar-refractivity contribution in [3.63, 3.8) is 0 Å². The molecule has 0 aliphatic carbocycles. The van der Waals surface area contributed by atoms with Crippen LogP contribution in [-0.2, 0) is 16.0 Å². The second-order valence-electron chi connectivity index (χ2n) is 6.20. The Morgan fingerprint density at radius 3 is 2.19 bits per heavy atom. The summed E-state index contributed by atoms with van der Waals surface area (Å²) in [6, 6.07) is 16.6. The molecule has 0 aromatic heterocycles. The topological polar surface area (TPSA) is 60.9 Å². The predicted molar refractivity (Wildman–Crippen MR) is 101 cm³/mol. The largest absolute Gasteiger partial charge is 0.395 e. The SMILES string of the molecule is CCc1ccc(N2C(=O)C(c3ccccc3)=C(N(C)CCO)C2=O)cc1. The highest BCUT2D eigenvalue weighted by Crippen LogP contribution is 2.34. The van der Waals surface area contributed by atoms with Crippen LogP contribution in [-0.4, -0.2) is 42.0 Å². The average Bonchev–Trinajstić information content (AvgIpc) is 2.93. The van der Waals surface area contributed by atoms with E-state index in [1.54, 1.807) is 24.1 Å². The third kappa shape index (κ3) is 3.13. The van der Waals surface area contributed by atoms with Gasteiger partial charge in [-0.25, -0.2) is 4.90 Å². The van der Waals surface area contributed by atoms with Crippen LogP contribution < -0.4 is 4.90 Å². The fraction of sp³-hybridized carbons (Fsp3) is 0.238. The number of hydrogen-bond donors (Lipinski definition) is 1. The number of amides is 2. The third-order valence-electron chi connectivity index (χ3n) is 4.54. The van der Waals surface area contributed by atoms with E-state index >= 15 is 0 Å². The van der Waals surface area contributed by atoms with Gasteiger partial charge in [-0.05, 0) is 29.7 Å². The quantitative estimate of drug-likeness (QED) is 0.813. The number of rotatable bonds is 6. The smallest absolute Gasteiger partial charge is 0.282 e. The minimum Gasteiger partial charge on any atom is -0.395 e. The van der Waals surface area contributed by atoms with Crippen LogP contribution in [0.4, 0.5) is 5.69 Å². The van der Waals surface area contributed by atoms with Crippen molar-refractivity contribution < 1.29 is 14.7 Å².